The molecule has 1 fully saturated rings. The summed E-state index contributed by atoms with van der Waals surface area (Å²) in [6.07, 6.45) is 1.10. The Bertz CT molecular complexity index is 1480. The van der Waals surface area contributed by atoms with Crippen molar-refractivity contribution in [1.29, 1.82) is 0 Å². The Morgan fingerprint density at radius 1 is 1.26 bits per heavy atom. The van der Waals surface area contributed by atoms with Gasteiger partial charge in [0.15, 0.2) is 0 Å². The second-order valence-corrected chi connectivity index (χ2v) is 10.2. The summed E-state index contributed by atoms with van der Waals surface area (Å²) in [7, 11) is -2.95. The van der Waals surface area contributed by atoms with Crippen LogP contribution in [0, 0.1) is 0 Å². The summed E-state index contributed by atoms with van der Waals surface area (Å²) in [6.45, 7) is 3.75. The van der Waals surface area contributed by atoms with E-state index >= 15 is 0 Å². The van der Waals surface area contributed by atoms with E-state index in [4.69, 9.17) is 4.18 Å². The van der Waals surface area contributed by atoms with Gasteiger partial charge in [0.1, 0.15) is 36.2 Å². The third kappa shape index (κ3) is 6.71. The number of aliphatic hydroxyl groups is 2. The third-order valence-corrected chi connectivity index (χ3v) is 7.01. The van der Waals surface area contributed by atoms with Crippen LogP contribution in [0.25, 0.3) is 0 Å². The molecule has 1 amide bonds. The van der Waals surface area contributed by atoms with E-state index in [2.05, 4.69) is 32.3 Å². The van der Waals surface area contributed by atoms with Crippen molar-refractivity contribution < 1.29 is 32.4 Å². The molecule has 2 heterocycles. The topological polar surface area (TPSA) is 198 Å². The van der Waals surface area contributed by atoms with Crippen LogP contribution in [0.1, 0.15) is 28.0 Å². The standard InChI is InChI=1S/C24H27N7O7S/c1-3-20(32)28-15-6-4-5-14(9-15)12-31-8-7-17(30-31)21(33)16-11-26-13-27-24(16)29-18-10-19(23(35)22(18)34)38-39(36,37)25-2/h3-9,11,13,18-19,22-23,25,34-35H,1,10,12H2,2H3,(H,28,32)(H,26,27,29)/t18-,19-,22+,23+/m1/s1. The number of nitrogens with one attached hydrogen (secondary N) is 3. The Kier molecular flexibility index (Phi) is 8.47. The molecule has 1 aliphatic rings. The molecule has 2 aromatic heterocycles. The molecular weight excluding hydrogens is 530 g/mol. The second-order valence-electron chi connectivity index (χ2n) is 8.67. The zero-order valence-electron chi connectivity index (χ0n) is 20.8. The number of aromatic nitrogens is 4. The van der Waals surface area contributed by atoms with Crippen LogP contribution >= 0.6 is 0 Å². The summed E-state index contributed by atoms with van der Waals surface area (Å²) in [5.41, 5.74) is 1.59. The molecule has 0 radical (unpaired) electrons. The summed E-state index contributed by atoms with van der Waals surface area (Å²) in [6, 6.07) is 7.80. The van der Waals surface area contributed by atoms with Crippen molar-refractivity contribution >= 4 is 33.5 Å². The molecule has 0 saturated heterocycles. The quantitative estimate of drug-likeness (QED) is 0.155. The van der Waals surface area contributed by atoms with E-state index in [1.807, 2.05) is 10.8 Å². The molecule has 0 aliphatic heterocycles. The Balaban J connectivity index is 1.47. The third-order valence-electron chi connectivity index (χ3n) is 6.01. The van der Waals surface area contributed by atoms with Gasteiger partial charge in [-0.25, -0.2) is 9.97 Å². The predicted molar refractivity (Wildman–Crippen MR) is 139 cm³/mol. The molecule has 5 N–H and O–H groups in total. The molecule has 1 aliphatic carbocycles. The van der Waals surface area contributed by atoms with Crippen molar-refractivity contribution in [3.8, 4) is 0 Å². The molecule has 1 aromatic carbocycles. The Labute approximate surface area is 224 Å². The maximum atomic E-state index is 13.3. The summed E-state index contributed by atoms with van der Waals surface area (Å²) in [4.78, 5) is 32.8. The van der Waals surface area contributed by atoms with E-state index < -0.39 is 40.4 Å². The van der Waals surface area contributed by atoms with Gasteiger partial charge in [0.05, 0.1) is 18.2 Å². The number of rotatable bonds is 11. The fraction of sp³-hybridized carbons (Fsp3) is 0.292. The maximum Gasteiger partial charge on any atom is 0.335 e. The van der Waals surface area contributed by atoms with Gasteiger partial charge in [-0.05, 0) is 29.8 Å². The highest BCUT2D eigenvalue weighted by atomic mass is 32.2. The Morgan fingerprint density at radius 3 is 2.79 bits per heavy atom. The van der Waals surface area contributed by atoms with Crippen LogP contribution in [-0.2, 0) is 25.8 Å². The SMILES string of the molecule is C=CC(=O)Nc1cccc(Cn2ccc(C(=O)c3cncnc3N[C@@H]3C[C@@H](OS(=O)(=O)NC)[C@H](O)[C@H]3O)n2)c1. The summed E-state index contributed by atoms with van der Waals surface area (Å²) in [5, 5.41) is 30.7. The van der Waals surface area contributed by atoms with Gasteiger partial charge < -0.3 is 20.8 Å². The van der Waals surface area contributed by atoms with Crippen molar-refractivity contribution in [2.75, 3.05) is 17.7 Å². The molecule has 14 nitrogen and oxygen atoms in total. The van der Waals surface area contributed by atoms with E-state index in [9.17, 15) is 28.2 Å². The first-order valence-corrected chi connectivity index (χ1v) is 13.2. The minimum absolute atomic E-state index is 0.0609. The van der Waals surface area contributed by atoms with E-state index in [0.717, 1.165) is 12.6 Å². The van der Waals surface area contributed by atoms with Crippen LogP contribution in [0.2, 0.25) is 0 Å². The first-order valence-electron chi connectivity index (χ1n) is 11.7. The van der Waals surface area contributed by atoms with Gasteiger partial charge in [0, 0.05) is 31.5 Å². The highest BCUT2D eigenvalue weighted by molar-refractivity contribution is 7.84. The monoisotopic (exact) mass is 557 g/mol. The number of hydrogen-bond donors (Lipinski definition) is 5. The molecule has 206 valence electrons. The number of amides is 1. The average molecular weight is 558 g/mol. The van der Waals surface area contributed by atoms with Crippen molar-refractivity contribution in [2.24, 2.45) is 0 Å². The van der Waals surface area contributed by atoms with Gasteiger partial charge in [-0.15, -0.1) is 0 Å². The Morgan fingerprint density at radius 2 is 2.05 bits per heavy atom. The first kappa shape index (κ1) is 28.0. The summed E-state index contributed by atoms with van der Waals surface area (Å²) in [5.74, 6) is -0.759. The second kappa shape index (κ2) is 11.8. The molecule has 0 unspecified atom stereocenters. The Hall–Kier alpha value is -4.02. The fourth-order valence-corrected chi connectivity index (χ4v) is 4.68. The zero-order chi connectivity index (χ0) is 28.2. The molecular formula is C24H27N7O7S. The summed E-state index contributed by atoms with van der Waals surface area (Å²) < 4.78 is 31.9. The van der Waals surface area contributed by atoms with Crippen LogP contribution in [0.5, 0.6) is 0 Å². The van der Waals surface area contributed by atoms with Crippen LogP contribution in [0.4, 0.5) is 11.5 Å². The number of nitrogens with zero attached hydrogens (tertiary/aromatic N) is 4. The lowest BCUT2D eigenvalue weighted by Crippen LogP contribution is -2.38. The first-order chi connectivity index (χ1) is 18.6. The van der Waals surface area contributed by atoms with Crippen molar-refractivity contribution in [3.05, 3.63) is 78.5 Å². The largest absolute Gasteiger partial charge is 0.388 e. The molecule has 1 saturated carbocycles. The van der Waals surface area contributed by atoms with E-state index in [1.165, 1.54) is 24.7 Å². The molecule has 0 spiro atoms. The molecule has 3 aromatic rings. The lowest BCUT2D eigenvalue weighted by molar-refractivity contribution is -0.111. The minimum atomic E-state index is -4.10. The highest BCUT2D eigenvalue weighted by Crippen LogP contribution is 2.28. The van der Waals surface area contributed by atoms with Gasteiger partial charge in [-0.2, -0.15) is 18.2 Å². The lowest BCUT2D eigenvalue weighted by atomic mass is 10.1. The van der Waals surface area contributed by atoms with Crippen LogP contribution < -0.4 is 15.4 Å². The van der Waals surface area contributed by atoms with Crippen molar-refractivity contribution in [3.63, 3.8) is 0 Å². The van der Waals surface area contributed by atoms with E-state index in [1.54, 1.807) is 29.1 Å². The molecule has 15 heteroatoms. The van der Waals surface area contributed by atoms with Gasteiger partial charge in [-0.1, -0.05) is 18.7 Å². The number of hydrogen-bond acceptors (Lipinski definition) is 11. The van der Waals surface area contributed by atoms with E-state index in [0.29, 0.717) is 12.2 Å². The number of benzene rings is 1. The molecule has 39 heavy (non-hydrogen) atoms. The van der Waals surface area contributed by atoms with Crippen LogP contribution in [0.15, 0.2) is 61.7 Å². The smallest absolute Gasteiger partial charge is 0.335 e. The number of aliphatic hydroxyl groups excluding tert-OH is 2. The van der Waals surface area contributed by atoms with Gasteiger partial charge in [0.25, 0.3) is 0 Å². The van der Waals surface area contributed by atoms with Crippen LogP contribution in [-0.4, -0.2) is 81.5 Å². The van der Waals surface area contributed by atoms with Crippen molar-refractivity contribution in [1.82, 2.24) is 24.5 Å². The van der Waals surface area contributed by atoms with Gasteiger partial charge in [0.2, 0.25) is 11.7 Å². The number of carbonyl (C=O) groups is 2. The van der Waals surface area contributed by atoms with Crippen molar-refractivity contribution in [2.45, 2.75) is 37.3 Å². The number of anilines is 2. The number of ketones is 1. The zero-order valence-corrected chi connectivity index (χ0v) is 21.6. The maximum absolute atomic E-state index is 13.3. The molecule has 4 rings (SSSR count). The van der Waals surface area contributed by atoms with Gasteiger partial charge in [-0.3, -0.25) is 18.5 Å². The normalized spacial score (nSPS) is 20.9. The number of carbonyl (C=O) groups excluding carboxylic acids is 2. The minimum Gasteiger partial charge on any atom is -0.388 e. The van der Waals surface area contributed by atoms with Crippen LogP contribution in [0.3, 0.4) is 0 Å². The molecule has 0 bridgehead atoms. The lowest BCUT2D eigenvalue weighted by Gasteiger charge is -2.19. The fourth-order valence-electron chi connectivity index (χ4n) is 4.06. The molecule has 4 atom stereocenters. The average Bonchev–Trinajstić information content (AvgIpc) is 3.49. The van der Waals surface area contributed by atoms with Gasteiger partial charge >= 0.3 is 10.3 Å². The van der Waals surface area contributed by atoms with E-state index in [-0.39, 0.29) is 29.4 Å². The highest BCUT2D eigenvalue weighted by Gasteiger charge is 2.44. The predicted octanol–water partition coefficient (Wildman–Crippen LogP) is -0.168. The summed E-state index contributed by atoms with van der Waals surface area (Å²) >= 11 is 0.